The molecule has 7 rings (SSSR count). The number of nitrogens with one attached hydrogen (secondary N) is 3. The van der Waals surface area contributed by atoms with Crippen LogP contribution in [0.4, 0.5) is 0 Å². The van der Waals surface area contributed by atoms with Gasteiger partial charge in [-0.1, -0.05) is 56.1 Å². The number of allylic oxidation sites excluding steroid dienone is 8. The average molecular weight is 559 g/mol. The van der Waals surface area contributed by atoms with Crippen LogP contribution in [-0.2, 0) is 11.2 Å². The van der Waals surface area contributed by atoms with Crippen LogP contribution in [-0.4, -0.2) is 31.1 Å². The summed E-state index contributed by atoms with van der Waals surface area (Å²) < 4.78 is 5.37. The minimum atomic E-state index is 0.0932. The number of aromatic nitrogens is 5. The molecule has 0 radical (unpaired) electrons. The summed E-state index contributed by atoms with van der Waals surface area (Å²) >= 11 is 0. The Kier molecular flexibility index (Phi) is 6.82. The van der Waals surface area contributed by atoms with Crippen LogP contribution < -0.4 is 5.32 Å². The van der Waals surface area contributed by atoms with Crippen LogP contribution in [0, 0.1) is 11.8 Å². The van der Waals surface area contributed by atoms with Gasteiger partial charge in [-0.15, -0.1) is 0 Å². The van der Waals surface area contributed by atoms with Gasteiger partial charge >= 0.3 is 0 Å². The van der Waals surface area contributed by atoms with Crippen LogP contribution in [0.2, 0.25) is 0 Å². The number of carbonyl (C=O) groups is 1. The van der Waals surface area contributed by atoms with Gasteiger partial charge in [0.15, 0.2) is 11.5 Å². The topological polar surface area (TPSA) is 112 Å². The second-order valence-electron chi connectivity index (χ2n) is 11.6. The fourth-order valence-electron chi connectivity index (χ4n) is 6.09. The molecule has 0 unspecified atom stereocenters. The van der Waals surface area contributed by atoms with Crippen molar-refractivity contribution in [2.24, 2.45) is 11.8 Å². The highest BCUT2D eigenvalue weighted by Gasteiger charge is 2.24. The lowest BCUT2D eigenvalue weighted by atomic mass is 9.88. The number of imidazole rings is 1. The number of furan rings is 1. The molecule has 1 saturated carbocycles. The molecule has 4 aromatic heterocycles. The van der Waals surface area contributed by atoms with E-state index in [0.29, 0.717) is 11.5 Å². The highest BCUT2D eigenvalue weighted by Crippen LogP contribution is 2.34. The molecular formula is C34H34N6O2. The Hall–Kier alpha value is -4.72. The number of carbonyl (C=O) groups excluding carboxylic acids is 1. The van der Waals surface area contributed by atoms with E-state index in [9.17, 15) is 4.79 Å². The van der Waals surface area contributed by atoms with Gasteiger partial charge in [-0.05, 0) is 61.6 Å². The molecule has 1 amide bonds. The Morgan fingerprint density at radius 1 is 1.07 bits per heavy atom. The molecule has 42 heavy (non-hydrogen) atoms. The number of hydrogen-bond acceptors (Lipinski definition) is 5. The van der Waals surface area contributed by atoms with E-state index in [4.69, 9.17) is 14.4 Å². The molecule has 0 bridgehead atoms. The number of hydrogen-bond donors (Lipinski definition) is 3. The summed E-state index contributed by atoms with van der Waals surface area (Å²) in [6, 6.07) is 5.95. The number of H-pyrrole nitrogens is 2. The molecule has 0 aromatic carbocycles. The SMILES string of the molecule is CC1=CC=C(c2ccoc2)c2nc(-c3n[nH]c4ccc(C5=C[C@@H](C)C=CC(NC(=O)C6CCCCC6)=C5)nc34)[nH]c2C1. The molecule has 0 aliphatic heterocycles. The number of aromatic amines is 2. The Labute approximate surface area is 244 Å². The van der Waals surface area contributed by atoms with E-state index in [1.54, 1.807) is 12.5 Å². The van der Waals surface area contributed by atoms with E-state index < -0.39 is 0 Å². The van der Waals surface area contributed by atoms with Crippen LogP contribution in [0.15, 0.2) is 82.9 Å². The predicted octanol–water partition coefficient (Wildman–Crippen LogP) is 7.04. The molecule has 1 atom stereocenters. The van der Waals surface area contributed by atoms with E-state index >= 15 is 0 Å². The Morgan fingerprint density at radius 2 is 1.95 bits per heavy atom. The third kappa shape index (κ3) is 5.09. The molecule has 4 aromatic rings. The predicted molar refractivity (Wildman–Crippen MR) is 164 cm³/mol. The van der Waals surface area contributed by atoms with Gasteiger partial charge in [0.05, 0.1) is 29.4 Å². The Balaban J connectivity index is 1.23. The van der Waals surface area contributed by atoms with Gasteiger partial charge < -0.3 is 14.7 Å². The Bertz CT molecular complexity index is 1800. The minimum absolute atomic E-state index is 0.0932. The second kappa shape index (κ2) is 10.9. The Morgan fingerprint density at radius 3 is 2.79 bits per heavy atom. The number of pyridine rings is 1. The van der Waals surface area contributed by atoms with Gasteiger partial charge in [0.2, 0.25) is 5.91 Å². The molecule has 3 aliphatic carbocycles. The summed E-state index contributed by atoms with van der Waals surface area (Å²) in [5.41, 5.74) is 9.95. The van der Waals surface area contributed by atoms with Crippen molar-refractivity contribution >= 4 is 28.1 Å². The second-order valence-corrected chi connectivity index (χ2v) is 11.6. The summed E-state index contributed by atoms with van der Waals surface area (Å²) in [5, 5.41) is 10.9. The van der Waals surface area contributed by atoms with E-state index in [1.807, 2.05) is 30.4 Å². The van der Waals surface area contributed by atoms with Crippen molar-refractivity contribution in [3.05, 3.63) is 101 Å². The first-order valence-electron chi connectivity index (χ1n) is 14.8. The van der Waals surface area contributed by atoms with E-state index in [-0.39, 0.29) is 17.7 Å². The molecule has 1 fully saturated rings. The summed E-state index contributed by atoms with van der Waals surface area (Å²) in [4.78, 5) is 26.7. The fourth-order valence-corrected chi connectivity index (χ4v) is 6.09. The first-order valence-corrected chi connectivity index (χ1v) is 14.8. The third-order valence-corrected chi connectivity index (χ3v) is 8.36. The molecule has 8 heteroatoms. The first kappa shape index (κ1) is 26.2. The van der Waals surface area contributed by atoms with Crippen molar-refractivity contribution in [2.45, 2.75) is 52.4 Å². The summed E-state index contributed by atoms with van der Waals surface area (Å²) in [6.07, 6.45) is 22.1. The quantitative estimate of drug-likeness (QED) is 0.243. The van der Waals surface area contributed by atoms with Gasteiger partial charge in [0.1, 0.15) is 5.52 Å². The van der Waals surface area contributed by atoms with Gasteiger partial charge in [-0.3, -0.25) is 9.89 Å². The van der Waals surface area contributed by atoms with Crippen LogP contribution in [0.25, 0.3) is 33.7 Å². The largest absolute Gasteiger partial charge is 0.472 e. The van der Waals surface area contributed by atoms with Gasteiger partial charge in [0, 0.05) is 34.9 Å². The van der Waals surface area contributed by atoms with E-state index in [0.717, 1.165) is 82.6 Å². The standard InChI is InChI=1S/C34H34N6O2/c1-20-8-10-25(35-34(41)22-6-4-3-5-7-22)18-24(16-20)27-12-13-28-31(36-27)32(40-39-28)33-37-29-17-21(2)9-11-26(30(29)38-33)23-14-15-42-19-23/h8-16,18-20,22H,3-7,17H2,1-2H3,(H,35,41)(H,37,38)(H,39,40)/t20-/m0/s1. The number of rotatable bonds is 5. The van der Waals surface area contributed by atoms with E-state index in [2.05, 4.69) is 58.6 Å². The summed E-state index contributed by atoms with van der Waals surface area (Å²) in [6.45, 7) is 4.25. The van der Waals surface area contributed by atoms with Crippen molar-refractivity contribution < 1.29 is 9.21 Å². The zero-order chi connectivity index (χ0) is 28.6. The highest BCUT2D eigenvalue weighted by atomic mass is 16.3. The van der Waals surface area contributed by atoms with Gasteiger partial charge in [-0.25, -0.2) is 9.97 Å². The molecule has 3 aliphatic rings. The fraction of sp³-hybridized carbons (Fsp3) is 0.294. The smallest absolute Gasteiger partial charge is 0.227 e. The monoisotopic (exact) mass is 558 g/mol. The molecule has 0 saturated heterocycles. The first-order chi connectivity index (χ1) is 20.5. The third-order valence-electron chi connectivity index (χ3n) is 8.36. The molecular weight excluding hydrogens is 524 g/mol. The van der Waals surface area contributed by atoms with Crippen LogP contribution in [0.1, 0.15) is 68.6 Å². The number of nitrogens with zero attached hydrogens (tertiary/aromatic N) is 3. The van der Waals surface area contributed by atoms with Crippen molar-refractivity contribution in [3.8, 4) is 11.5 Å². The van der Waals surface area contributed by atoms with Crippen molar-refractivity contribution in [1.82, 2.24) is 30.5 Å². The highest BCUT2D eigenvalue weighted by molar-refractivity contribution is 5.91. The van der Waals surface area contributed by atoms with Crippen molar-refractivity contribution in [1.29, 1.82) is 0 Å². The zero-order valence-electron chi connectivity index (χ0n) is 23.9. The maximum Gasteiger partial charge on any atom is 0.227 e. The summed E-state index contributed by atoms with van der Waals surface area (Å²) in [7, 11) is 0. The minimum Gasteiger partial charge on any atom is -0.472 e. The number of amides is 1. The molecule has 0 spiro atoms. The zero-order valence-corrected chi connectivity index (χ0v) is 23.9. The maximum atomic E-state index is 13.0. The van der Waals surface area contributed by atoms with Crippen LogP contribution in [0.5, 0.6) is 0 Å². The van der Waals surface area contributed by atoms with Crippen LogP contribution in [0.3, 0.4) is 0 Å². The molecule has 4 heterocycles. The average Bonchev–Trinajstić information content (AvgIpc) is 3.72. The van der Waals surface area contributed by atoms with Crippen molar-refractivity contribution in [2.75, 3.05) is 0 Å². The lowest BCUT2D eigenvalue weighted by Gasteiger charge is -2.21. The van der Waals surface area contributed by atoms with Crippen molar-refractivity contribution in [3.63, 3.8) is 0 Å². The van der Waals surface area contributed by atoms with E-state index in [1.165, 1.54) is 12.0 Å². The number of fused-ring (bicyclic) bond motifs is 2. The lowest BCUT2D eigenvalue weighted by Crippen LogP contribution is -2.31. The molecule has 8 nitrogen and oxygen atoms in total. The normalized spacial score (nSPS) is 19.3. The van der Waals surface area contributed by atoms with Crippen LogP contribution >= 0.6 is 0 Å². The molecule has 3 N–H and O–H groups in total. The molecule has 212 valence electrons. The van der Waals surface area contributed by atoms with Gasteiger partial charge in [0.25, 0.3) is 0 Å². The van der Waals surface area contributed by atoms with Gasteiger partial charge in [-0.2, -0.15) is 5.10 Å². The maximum absolute atomic E-state index is 13.0. The lowest BCUT2D eigenvalue weighted by molar-refractivity contribution is -0.125. The summed E-state index contributed by atoms with van der Waals surface area (Å²) in [5.74, 6) is 1.06.